The molecule has 3 aromatic carbocycles. The van der Waals surface area contributed by atoms with Crippen molar-refractivity contribution in [1.29, 1.82) is 5.26 Å². The van der Waals surface area contributed by atoms with E-state index in [2.05, 4.69) is 5.32 Å². The molecule has 0 radical (unpaired) electrons. The average Bonchev–Trinajstić information content (AvgIpc) is 2.68. The number of hydrogen-bond acceptors (Lipinski definition) is 4. The van der Waals surface area contributed by atoms with Gasteiger partial charge in [-0.05, 0) is 47.2 Å². The molecule has 0 saturated carbocycles. The van der Waals surface area contributed by atoms with E-state index in [1.165, 1.54) is 6.08 Å². The molecule has 3 rings (SSSR count). The molecule has 0 fully saturated rings. The van der Waals surface area contributed by atoms with Crippen LogP contribution in [0.4, 0.5) is 5.69 Å². The molecule has 0 aromatic heterocycles. The van der Waals surface area contributed by atoms with E-state index in [0.29, 0.717) is 17.0 Å². The third-order valence-electron chi connectivity index (χ3n) is 3.95. The summed E-state index contributed by atoms with van der Waals surface area (Å²) in [5, 5.41) is 23.9. The zero-order valence-corrected chi connectivity index (χ0v) is 14.1. The third kappa shape index (κ3) is 3.50. The lowest BCUT2D eigenvalue weighted by atomic mass is 10.0. The summed E-state index contributed by atoms with van der Waals surface area (Å²) in [6.45, 7) is 0. The highest BCUT2D eigenvalue weighted by molar-refractivity contribution is 6.11. The number of ether oxygens (including phenoxy) is 1. The van der Waals surface area contributed by atoms with Gasteiger partial charge in [0.1, 0.15) is 23.1 Å². The molecule has 0 heterocycles. The van der Waals surface area contributed by atoms with E-state index in [9.17, 15) is 15.2 Å². The Labute approximate surface area is 150 Å². The lowest BCUT2D eigenvalue weighted by molar-refractivity contribution is -0.112. The summed E-state index contributed by atoms with van der Waals surface area (Å²) in [6, 6.07) is 19.5. The molecule has 0 atom stereocenters. The second-order valence-corrected chi connectivity index (χ2v) is 5.57. The Balaban J connectivity index is 1.94. The predicted octanol–water partition coefficient (Wildman–Crippen LogP) is 4.10. The number of nitrogens with zero attached hydrogens (tertiary/aromatic N) is 1. The minimum absolute atomic E-state index is 0.00805. The number of rotatable bonds is 4. The monoisotopic (exact) mass is 344 g/mol. The van der Waals surface area contributed by atoms with Crippen LogP contribution < -0.4 is 10.1 Å². The highest BCUT2D eigenvalue weighted by atomic mass is 16.5. The van der Waals surface area contributed by atoms with Crippen molar-refractivity contribution < 1.29 is 14.6 Å². The van der Waals surface area contributed by atoms with Gasteiger partial charge in [-0.15, -0.1) is 0 Å². The number of phenolic OH excluding ortho intramolecular Hbond substituents is 1. The number of methoxy groups -OCH3 is 1. The number of carbonyl (C=O) groups excluding carboxylic acids is 1. The van der Waals surface area contributed by atoms with E-state index >= 15 is 0 Å². The minimum atomic E-state index is -0.551. The number of aromatic hydroxyl groups is 1. The Kier molecular flexibility index (Phi) is 4.86. The normalized spacial score (nSPS) is 11.0. The Morgan fingerprint density at radius 3 is 2.54 bits per heavy atom. The van der Waals surface area contributed by atoms with E-state index in [4.69, 9.17) is 4.74 Å². The van der Waals surface area contributed by atoms with Crippen LogP contribution in [-0.2, 0) is 4.79 Å². The third-order valence-corrected chi connectivity index (χ3v) is 3.95. The van der Waals surface area contributed by atoms with E-state index in [0.717, 1.165) is 10.8 Å². The summed E-state index contributed by atoms with van der Waals surface area (Å²) in [5.41, 5.74) is 0.871. The number of phenols is 1. The summed E-state index contributed by atoms with van der Waals surface area (Å²) in [5.74, 6) is 0.124. The molecule has 0 bridgehead atoms. The quantitative estimate of drug-likeness (QED) is 0.551. The van der Waals surface area contributed by atoms with E-state index in [1.54, 1.807) is 43.5 Å². The van der Waals surface area contributed by atoms with Crippen LogP contribution in [0.25, 0.3) is 16.8 Å². The summed E-state index contributed by atoms with van der Waals surface area (Å²) >= 11 is 0. The maximum absolute atomic E-state index is 12.4. The van der Waals surface area contributed by atoms with Gasteiger partial charge in [-0.3, -0.25) is 4.79 Å². The van der Waals surface area contributed by atoms with Crippen molar-refractivity contribution in [2.24, 2.45) is 0 Å². The van der Waals surface area contributed by atoms with Crippen molar-refractivity contribution in [3.63, 3.8) is 0 Å². The summed E-state index contributed by atoms with van der Waals surface area (Å²) in [7, 11) is 1.56. The van der Waals surface area contributed by atoms with Crippen molar-refractivity contribution in [1.82, 2.24) is 0 Å². The van der Waals surface area contributed by atoms with Gasteiger partial charge in [0, 0.05) is 11.3 Å². The average molecular weight is 344 g/mol. The first-order chi connectivity index (χ1) is 12.6. The first-order valence-corrected chi connectivity index (χ1v) is 7.90. The first kappa shape index (κ1) is 17.1. The Morgan fingerprint density at radius 1 is 1.12 bits per heavy atom. The lowest BCUT2D eigenvalue weighted by Gasteiger charge is -2.08. The van der Waals surface area contributed by atoms with Crippen molar-refractivity contribution >= 4 is 28.4 Å². The van der Waals surface area contributed by atoms with Gasteiger partial charge in [0.25, 0.3) is 5.91 Å². The van der Waals surface area contributed by atoms with Gasteiger partial charge in [0.05, 0.1) is 7.11 Å². The van der Waals surface area contributed by atoms with Crippen LogP contribution in [0.2, 0.25) is 0 Å². The number of amides is 1. The highest BCUT2D eigenvalue weighted by Crippen LogP contribution is 2.29. The highest BCUT2D eigenvalue weighted by Gasteiger charge is 2.12. The maximum atomic E-state index is 12.4. The van der Waals surface area contributed by atoms with Crippen LogP contribution in [-0.4, -0.2) is 18.1 Å². The number of anilines is 1. The molecular weight excluding hydrogens is 328 g/mol. The summed E-state index contributed by atoms with van der Waals surface area (Å²) in [4.78, 5) is 12.4. The molecule has 5 heteroatoms. The molecule has 3 aromatic rings. The van der Waals surface area contributed by atoms with Crippen LogP contribution in [0, 0.1) is 11.3 Å². The zero-order chi connectivity index (χ0) is 18.5. The maximum Gasteiger partial charge on any atom is 0.266 e. The number of fused-ring (bicyclic) bond motifs is 1. The molecule has 26 heavy (non-hydrogen) atoms. The van der Waals surface area contributed by atoms with Crippen molar-refractivity contribution in [2.45, 2.75) is 0 Å². The number of benzene rings is 3. The van der Waals surface area contributed by atoms with Gasteiger partial charge in [0.15, 0.2) is 0 Å². The van der Waals surface area contributed by atoms with Gasteiger partial charge in [-0.1, -0.05) is 30.3 Å². The molecule has 1 amide bonds. The van der Waals surface area contributed by atoms with E-state index in [1.807, 2.05) is 30.3 Å². The van der Waals surface area contributed by atoms with Gasteiger partial charge < -0.3 is 15.2 Å². The Bertz CT molecular complexity index is 1030. The van der Waals surface area contributed by atoms with Gasteiger partial charge >= 0.3 is 0 Å². The van der Waals surface area contributed by atoms with E-state index in [-0.39, 0.29) is 11.3 Å². The molecule has 0 unspecified atom stereocenters. The van der Waals surface area contributed by atoms with Crippen molar-refractivity contribution in [2.75, 3.05) is 12.4 Å². The van der Waals surface area contributed by atoms with Crippen molar-refractivity contribution in [3.05, 3.63) is 71.8 Å². The number of nitrogens with one attached hydrogen (secondary N) is 1. The number of hydrogen-bond donors (Lipinski definition) is 2. The smallest absolute Gasteiger partial charge is 0.266 e. The number of carbonyl (C=O) groups is 1. The predicted molar refractivity (Wildman–Crippen MR) is 101 cm³/mol. The molecule has 5 nitrogen and oxygen atoms in total. The summed E-state index contributed by atoms with van der Waals surface area (Å²) in [6.07, 6.45) is 1.40. The first-order valence-electron chi connectivity index (χ1n) is 7.90. The van der Waals surface area contributed by atoms with Gasteiger partial charge in [-0.25, -0.2) is 0 Å². The van der Waals surface area contributed by atoms with Crippen LogP contribution in [0.1, 0.15) is 5.56 Å². The Morgan fingerprint density at radius 2 is 1.85 bits per heavy atom. The zero-order valence-electron chi connectivity index (χ0n) is 14.1. The second-order valence-electron chi connectivity index (χ2n) is 5.57. The van der Waals surface area contributed by atoms with Crippen LogP contribution in [0.3, 0.4) is 0 Å². The van der Waals surface area contributed by atoms with E-state index < -0.39 is 5.91 Å². The fraction of sp³-hybridized carbons (Fsp3) is 0.0476. The SMILES string of the molecule is COc1ccc(NC(=O)/C(C#N)=C/c2c(O)ccc3ccccc23)cc1. The molecule has 2 N–H and O–H groups in total. The lowest BCUT2D eigenvalue weighted by Crippen LogP contribution is -2.13. The van der Waals surface area contributed by atoms with Gasteiger partial charge in [0.2, 0.25) is 0 Å². The topological polar surface area (TPSA) is 82.3 Å². The van der Waals surface area contributed by atoms with Crippen molar-refractivity contribution in [3.8, 4) is 17.6 Å². The standard InChI is InChI=1S/C21H16N2O3/c1-26-17-9-7-16(8-10-17)23-21(25)15(13-22)12-19-18-5-3-2-4-14(18)6-11-20(19)24/h2-12,24H,1H3,(H,23,25)/b15-12+. The molecule has 128 valence electrons. The molecule has 0 spiro atoms. The van der Waals surface area contributed by atoms with Crippen LogP contribution in [0.15, 0.2) is 66.2 Å². The summed E-state index contributed by atoms with van der Waals surface area (Å²) < 4.78 is 5.07. The molecular formula is C21H16N2O3. The minimum Gasteiger partial charge on any atom is -0.507 e. The molecule has 0 aliphatic rings. The van der Waals surface area contributed by atoms with Crippen LogP contribution >= 0.6 is 0 Å². The number of nitriles is 1. The second kappa shape index (κ2) is 7.41. The fourth-order valence-corrected chi connectivity index (χ4v) is 2.60. The Hall–Kier alpha value is -3.78. The van der Waals surface area contributed by atoms with Gasteiger partial charge in [-0.2, -0.15) is 5.26 Å². The molecule has 0 aliphatic heterocycles. The largest absolute Gasteiger partial charge is 0.507 e. The van der Waals surface area contributed by atoms with Crippen LogP contribution in [0.5, 0.6) is 11.5 Å². The molecule has 0 saturated heterocycles. The molecule has 0 aliphatic carbocycles. The fourth-order valence-electron chi connectivity index (χ4n) is 2.60.